The summed E-state index contributed by atoms with van der Waals surface area (Å²) in [5.41, 5.74) is 3.03. The van der Waals surface area contributed by atoms with Gasteiger partial charge in [0, 0.05) is 30.1 Å². The number of rotatable bonds is 3. The number of hydrogen-bond donors (Lipinski definition) is 1. The molecule has 1 saturated heterocycles. The average molecular weight is 275 g/mol. The molecule has 0 saturated carbocycles. The Morgan fingerprint density at radius 1 is 1.47 bits per heavy atom. The summed E-state index contributed by atoms with van der Waals surface area (Å²) in [7, 11) is 1.92. The van der Waals surface area contributed by atoms with Crippen molar-refractivity contribution in [3.8, 4) is 6.07 Å². The number of anilines is 1. The number of thioether (sulfide) groups is 1. The van der Waals surface area contributed by atoms with Crippen LogP contribution in [0, 0.1) is 11.3 Å². The molecule has 0 amide bonds. The first kappa shape index (κ1) is 14.2. The Morgan fingerprint density at radius 2 is 2.26 bits per heavy atom. The standard InChI is InChI=1S/C15H21N3S/c1-15(2)11-18(6-7-19-15)14-5-4-12(10-17-3)8-13(14)9-16/h4-5,8,17H,6-7,10-11H2,1-3H3. The molecule has 1 N–H and O–H groups in total. The van der Waals surface area contributed by atoms with E-state index in [1.54, 1.807) is 0 Å². The molecule has 3 nitrogen and oxygen atoms in total. The maximum atomic E-state index is 9.37. The fourth-order valence-corrected chi connectivity index (χ4v) is 3.60. The third-order valence-electron chi connectivity index (χ3n) is 3.33. The van der Waals surface area contributed by atoms with Crippen LogP contribution in [0.2, 0.25) is 0 Å². The number of hydrogen-bond acceptors (Lipinski definition) is 4. The summed E-state index contributed by atoms with van der Waals surface area (Å²) in [5, 5.41) is 12.5. The molecule has 0 aliphatic carbocycles. The maximum Gasteiger partial charge on any atom is 0.101 e. The van der Waals surface area contributed by atoms with E-state index in [1.807, 2.05) is 24.9 Å². The molecule has 0 spiro atoms. The first-order valence-electron chi connectivity index (χ1n) is 6.62. The van der Waals surface area contributed by atoms with Crippen molar-refractivity contribution in [1.82, 2.24) is 5.32 Å². The summed E-state index contributed by atoms with van der Waals surface area (Å²) in [4.78, 5) is 2.35. The Hall–Kier alpha value is -1.18. The molecule has 1 aromatic rings. The zero-order valence-electron chi connectivity index (χ0n) is 11.9. The quantitative estimate of drug-likeness (QED) is 0.920. The first-order valence-corrected chi connectivity index (χ1v) is 7.61. The van der Waals surface area contributed by atoms with E-state index in [9.17, 15) is 5.26 Å². The van der Waals surface area contributed by atoms with Crippen LogP contribution in [0.15, 0.2) is 18.2 Å². The van der Waals surface area contributed by atoms with Crippen molar-refractivity contribution in [2.45, 2.75) is 25.1 Å². The molecule has 19 heavy (non-hydrogen) atoms. The van der Waals surface area contributed by atoms with Gasteiger partial charge in [0.2, 0.25) is 0 Å². The molecule has 0 unspecified atom stereocenters. The number of nitrogens with zero attached hydrogens (tertiary/aromatic N) is 2. The third kappa shape index (κ3) is 3.43. The summed E-state index contributed by atoms with van der Waals surface area (Å²) < 4.78 is 0.259. The lowest BCUT2D eigenvalue weighted by Gasteiger charge is -2.39. The van der Waals surface area contributed by atoms with Crippen LogP contribution in [-0.4, -0.2) is 30.6 Å². The van der Waals surface area contributed by atoms with Crippen LogP contribution < -0.4 is 10.2 Å². The second-order valence-electron chi connectivity index (χ2n) is 5.52. The molecular formula is C15H21N3S. The summed E-state index contributed by atoms with van der Waals surface area (Å²) in [6.07, 6.45) is 0. The van der Waals surface area contributed by atoms with E-state index >= 15 is 0 Å². The van der Waals surface area contributed by atoms with Crippen LogP contribution in [0.1, 0.15) is 25.0 Å². The van der Waals surface area contributed by atoms with Gasteiger partial charge in [-0.1, -0.05) is 6.07 Å². The first-order chi connectivity index (χ1) is 9.05. The third-order valence-corrected chi connectivity index (χ3v) is 4.63. The van der Waals surface area contributed by atoms with Crippen molar-refractivity contribution in [3.05, 3.63) is 29.3 Å². The Labute approximate surface area is 120 Å². The minimum atomic E-state index is 0.259. The van der Waals surface area contributed by atoms with Gasteiger partial charge in [0.05, 0.1) is 11.3 Å². The lowest BCUT2D eigenvalue weighted by molar-refractivity contribution is 0.647. The van der Waals surface area contributed by atoms with Gasteiger partial charge in [-0.05, 0) is 38.6 Å². The average Bonchev–Trinajstić information content (AvgIpc) is 2.37. The number of benzene rings is 1. The van der Waals surface area contributed by atoms with Crippen LogP contribution in [-0.2, 0) is 6.54 Å². The number of nitriles is 1. The van der Waals surface area contributed by atoms with Gasteiger partial charge in [-0.25, -0.2) is 0 Å². The summed E-state index contributed by atoms with van der Waals surface area (Å²) in [5.74, 6) is 1.12. The van der Waals surface area contributed by atoms with Gasteiger partial charge in [0.15, 0.2) is 0 Å². The molecule has 1 heterocycles. The molecule has 0 aromatic heterocycles. The van der Waals surface area contributed by atoms with Crippen LogP contribution in [0.5, 0.6) is 0 Å². The van der Waals surface area contributed by atoms with Crippen molar-refractivity contribution in [1.29, 1.82) is 5.26 Å². The molecule has 1 aliphatic heterocycles. The molecular weight excluding hydrogens is 254 g/mol. The van der Waals surface area contributed by atoms with Crippen LogP contribution >= 0.6 is 11.8 Å². The highest BCUT2D eigenvalue weighted by molar-refractivity contribution is 8.00. The van der Waals surface area contributed by atoms with Gasteiger partial charge in [-0.3, -0.25) is 0 Å². The lowest BCUT2D eigenvalue weighted by Crippen LogP contribution is -2.43. The van der Waals surface area contributed by atoms with Crippen LogP contribution in [0.25, 0.3) is 0 Å². The monoisotopic (exact) mass is 275 g/mol. The van der Waals surface area contributed by atoms with E-state index in [1.165, 1.54) is 0 Å². The molecule has 4 heteroatoms. The zero-order chi connectivity index (χ0) is 13.9. The van der Waals surface area contributed by atoms with Gasteiger partial charge < -0.3 is 10.2 Å². The Balaban J connectivity index is 2.27. The minimum Gasteiger partial charge on any atom is -0.368 e. The predicted molar refractivity (Wildman–Crippen MR) is 82.7 cm³/mol. The van der Waals surface area contributed by atoms with Gasteiger partial charge in [-0.2, -0.15) is 17.0 Å². The highest BCUT2D eigenvalue weighted by Gasteiger charge is 2.28. The smallest absolute Gasteiger partial charge is 0.101 e. The molecule has 102 valence electrons. The Bertz CT molecular complexity index is 491. The van der Waals surface area contributed by atoms with E-state index in [4.69, 9.17) is 0 Å². The SMILES string of the molecule is CNCc1ccc(N2CCSC(C)(C)C2)c(C#N)c1. The second kappa shape index (κ2) is 5.85. The van der Waals surface area contributed by atoms with Crippen molar-refractivity contribution in [3.63, 3.8) is 0 Å². The predicted octanol–water partition coefficient (Wildman–Crippen LogP) is 2.61. The van der Waals surface area contributed by atoms with E-state index in [-0.39, 0.29) is 4.75 Å². The highest BCUT2D eigenvalue weighted by Crippen LogP contribution is 2.33. The molecule has 0 bridgehead atoms. The fourth-order valence-electron chi connectivity index (χ4n) is 2.48. The summed E-state index contributed by atoms with van der Waals surface area (Å²) >= 11 is 2.01. The van der Waals surface area contributed by atoms with E-state index in [2.05, 4.69) is 42.3 Å². The topological polar surface area (TPSA) is 39.1 Å². The molecule has 0 atom stereocenters. The van der Waals surface area contributed by atoms with Gasteiger partial charge in [0.1, 0.15) is 6.07 Å². The van der Waals surface area contributed by atoms with E-state index in [0.717, 1.165) is 42.2 Å². The van der Waals surface area contributed by atoms with Crippen molar-refractivity contribution in [2.24, 2.45) is 0 Å². The Morgan fingerprint density at radius 3 is 2.89 bits per heavy atom. The summed E-state index contributed by atoms with van der Waals surface area (Å²) in [6.45, 7) is 7.36. The van der Waals surface area contributed by atoms with Gasteiger partial charge in [-0.15, -0.1) is 0 Å². The maximum absolute atomic E-state index is 9.37. The molecule has 1 aromatic carbocycles. The Kier molecular flexibility index (Phi) is 4.38. The van der Waals surface area contributed by atoms with Crippen molar-refractivity contribution >= 4 is 17.4 Å². The normalized spacial score (nSPS) is 18.1. The van der Waals surface area contributed by atoms with Crippen molar-refractivity contribution in [2.75, 3.05) is 30.8 Å². The molecule has 0 radical (unpaired) electrons. The number of nitrogens with one attached hydrogen (secondary N) is 1. The molecule has 1 fully saturated rings. The fraction of sp³-hybridized carbons (Fsp3) is 0.533. The van der Waals surface area contributed by atoms with Gasteiger partial charge in [0.25, 0.3) is 0 Å². The zero-order valence-corrected chi connectivity index (χ0v) is 12.7. The van der Waals surface area contributed by atoms with Crippen LogP contribution in [0.3, 0.4) is 0 Å². The minimum absolute atomic E-state index is 0.259. The molecule has 1 aliphatic rings. The largest absolute Gasteiger partial charge is 0.368 e. The second-order valence-corrected chi connectivity index (χ2v) is 7.33. The van der Waals surface area contributed by atoms with Crippen LogP contribution in [0.4, 0.5) is 5.69 Å². The van der Waals surface area contributed by atoms with E-state index in [0.29, 0.717) is 0 Å². The van der Waals surface area contributed by atoms with Gasteiger partial charge >= 0.3 is 0 Å². The van der Waals surface area contributed by atoms with Crippen molar-refractivity contribution < 1.29 is 0 Å². The van der Waals surface area contributed by atoms with E-state index < -0.39 is 0 Å². The lowest BCUT2D eigenvalue weighted by atomic mass is 10.1. The highest BCUT2D eigenvalue weighted by atomic mass is 32.2. The summed E-state index contributed by atoms with van der Waals surface area (Å²) in [6, 6.07) is 8.55. The molecule has 2 rings (SSSR count).